The van der Waals surface area contributed by atoms with E-state index in [2.05, 4.69) is 0 Å². The summed E-state index contributed by atoms with van der Waals surface area (Å²) >= 11 is 0. The standard InChI is InChI=1S/C27H24O17/c1-8-21(42-24(37)9-2-12(28)18(34)13(29)3-9)22(43-25(38)10-4-14(30)19(35)15(31)5-10)23(27(40)41-8)44-26(39)11-6-16(32)20(36)17(33)7-11/h2-8,21-23,27-36,40H,1H3/t8-,21-,22+,23-,27+/m1/s1. The van der Waals surface area contributed by atoms with E-state index in [4.69, 9.17) is 18.9 Å². The van der Waals surface area contributed by atoms with Gasteiger partial charge in [0.1, 0.15) is 0 Å². The Balaban J connectivity index is 1.72. The molecule has 1 fully saturated rings. The molecule has 0 spiro atoms. The van der Waals surface area contributed by atoms with Crippen molar-refractivity contribution in [3.8, 4) is 51.7 Å². The molecular weight excluding hydrogens is 596 g/mol. The summed E-state index contributed by atoms with van der Waals surface area (Å²) < 4.78 is 21.3. The van der Waals surface area contributed by atoms with Crippen LogP contribution in [0, 0.1) is 0 Å². The van der Waals surface area contributed by atoms with E-state index >= 15 is 0 Å². The van der Waals surface area contributed by atoms with E-state index in [1.54, 1.807) is 0 Å². The van der Waals surface area contributed by atoms with Crippen LogP contribution in [0.25, 0.3) is 0 Å². The number of benzene rings is 3. The molecule has 3 aromatic carbocycles. The van der Waals surface area contributed by atoms with Gasteiger partial charge in [-0.05, 0) is 43.3 Å². The number of aliphatic hydroxyl groups excluding tert-OH is 1. The highest BCUT2D eigenvalue weighted by molar-refractivity contribution is 5.93. The average Bonchev–Trinajstić information content (AvgIpc) is 2.95. The number of phenols is 9. The third kappa shape index (κ3) is 6.03. The zero-order valence-corrected chi connectivity index (χ0v) is 22.2. The van der Waals surface area contributed by atoms with Crippen LogP contribution in [0.1, 0.15) is 38.0 Å². The molecule has 17 nitrogen and oxygen atoms in total. The lowest BCUT2D eigenvalue weighted by molar-refractivity contribution is -0.275. The molecule has 10 N–H and O–H groups in total. The summed E-state index contributed by atoms with van der Waals surface area (Å²) in [6.07, 6.45) is -9.13. The first-order valence-electron chi connectivity index (χ1n) is 12.3. The van der Waals surface area contributed by atoms with Crippen LogP contribution in [-0.2, 0) is 18.9 Å². The molecule has 5 atom stereocenters. The number of rotatable bonds is 6. The number of esters is 3. The normalized spacial score (nSPS) is 21.3. The van der Waals surface area contributed by atoms with Crippen molar-refractivity contribution in [1.82, 2.24) is 0 Å². The monoisotopic (exact) mass is 620 g/mol. The van der Waals surface area contributed by atoms with Crippen LogP contribution in [0.15, 0.2) is 36.4 Å². The summed E-state index contributed by atoms with van der Waals surface area (Å²) in [6, 6.07) is 4.24. The highest BCUT2D eigenvalue weighted by atomic mass is 16.7. The lowest BCUT2D eigenvalue weighted by Crippen LogP contribution is -2.60. The molecule has 1 aliphatic rings. The highest BCUT2D eigenvalue weighted by Crippen LogP contribution is 2.39. The van der Waals surface area contributed by atoms with Crippen molar-refractivity contribution >= 4 is 17.9 Å². The molecule has 0 aliphatic carbocycles. The number of phenolic OH excluding ortho intramolecular Hbond substituents is 9. The van der Waals surface area contributed by atoms with Gasteiger partial charge in [0, 0.05) is 0 Å². The molecule has 17 heteroatoms. The van der Waals surface area contributed by atoms with Crippen molar-refractivity contribution in [3.05, 3.63) is 53.1 Å². The number of hydrogen-bond acceptors (Lipinski definition) is 17. The fourth-order valence-corrected chi connectivity index (χ4v) is 4.15. The zero-order valence-electron chi connectivity index (χ0n) is 22.2. The summed E-state index contributed by atoms with van der Waals surface area (Å²) in [5.41, 5.74) is -1.65. The van der Waals surface area contributed by atoms with Gasteiger partial charge < -0.3 is 70.0 Å². The molecule has 44 heavy (non-hydrogen) atoms. The Labute approximate surface area is 245 Å². The van der Waals surface area contributed by atoms with E-state index in [9.17, 15) is 65.4 Å². The van der Waals surface area contributed by atoms with Gasteiger partial charge in [0.2, 0.25) is 0 Å². The van der Waals surface area contributed by atoms with Gasteiger partial charge in [-0.2, -0.15) is 0 Å². The number of aliphatic hydroxyl groups is 1. The number of carbonyl (C=O) groups excluding carboxylic acids is 3. The SMILES string of the molecule is C[C@H]1O[C@H](O)[C@H](OC(=O)c2cc(O)c(O)c(O)c2)[C@@H](OC(=O)c2cc(O)c(O)c(O)c2)[C@@H]1OC(=O)c1cc(O)c(O)c(O)c1. The smallest absolute Gasteiger partial charge is 0.339 e. The van der Waals surface area contributed by atoms with Crippen molar-refractivity contribution < 1.29 is 84.4 Å². The van der Waals surface area contributed by atoms with Crippen molar-refractivity contribution in [2.24, 2.45) is 0 Å². The first kappa shape index (κ1) is 31.1. The molecule has 234 valence electrons. The van der Waals surface area contributed by atoms with E-state index in [1.807, 2.05) is 0 Å². The van der Waals surface area contributed by atoms with Gasteiger partial charge in [-0.3, -0.25) is 0 Å². The van der Waals surface area contributed by atoms with Crippen LogP contribution in [0.5, 0.6) is 51.7 Å². The van der Waals surface area contributed by atoms with Crippen LogP contribution in [0.2, 0.25) is 0 Å². The third-order valence-corrected chi connectivity index (χ3v) is 6.39. The minimum atomic E-state index is -2.08. The van der Waals surface area contributed by atoms with Crippen molar-refractivity contribution in [3.63, 3.8) is 0 Å². The van der Waals surface area contributed by atoms with E-state index in [-0.39, 0.29) is 0 Å². The molecule has 0 aromatic heterocycles. The van der Waals surface area contributed by atoms with Crippen molar-refractivity contribution in [2.45, 2.75) is 37.6 Å². The quantitative estimate of drug-likeness (QED) is 0.103. The first-order chi connectivity index (χ1) is 20.6. The van der Waals surface area contributed by atoms with Crippen molar-refractivity contribution in [2.75, 3.05) is 0 Å². The Kier molecular flexibility index (Phi) is 8.36. The summed E-state index contributed by atoms with van der Waals surface area (Å²) in [6.45, 7) is 1.25. The van der Waals surface area contributed by atoms with Crippen LogP contribution < -0.4 is 0 Å². The molecule has 0 bridgehead atoms. The van der Waals surface area contributed by atoms with E-state index < -0.39 is 117 Å². The van der Waals surface area contributed by atoms with Gasteiger partial charge in [0.25, 0.3) is 0 Å². The fourth-order valence-electron chi connectivity index (χ4n) is 4.15. The maximum Gasteiger partial charge on any atom is 0.339 e. The molecule has 0 unspecified atom stereocenters. The first-order valence-corrected chi connectivity index (χ1v) is 12.3. The number of aromatic hydroxyl groups is 9. The minimum absolute atomic E-state index is 0.516. The van der Waals surface area contributed by atoms with E-state index in [1.165, 1.54) is 6.92 Å². The van der Waals surface area contributed by atoms with Crippen LogP contribution >= 0.6 is 0 Å². The molecule has 0 radical (unpaired) electrons. The van der Waals surface area contributed by atoms with E-state index in [0.717, 1.165) is 12.1 Å². The van der Waals surface area contributed by atoms with Gasteiger partial charge in [-0.15, -0.1) is 0 Å². The molecule has 3 aromatic rings. The predicted octanol–water partition coefficient (Wildman–Crippen LogP) is 0.751. The zero-order chi connectivity index (χ0) is 32.6. The van der Waals surface area contributed by atoms with Crippen LogP contribution in [-0.4, -0.2) is 99.7 Å². The lowest BCUT2D eigenvalue weighted by atomic mass is 9.98. The summed E-state index contributed by atoms with van der Waals surface area (Å²) in [5.74, 6) is -12.4. The predicted molar refractivity (Wildman–Crippen MR) is 138 cm³/mol. The van der Waals surface area contributed by atoms with Gasteiger partial charge in [-0.1, -0.05) is 0 Å². The van der Waals surface area contributed by atoms with Gasteiger partial charge in [-0.25, -0.2) is 14.4 Å². The van der Waals surface area contributed by atoms with Gasteiger partial charge in [0.15, 0.2) is 76.3 Å². The topological polar surface area (TPSA) is 290 Å². The molecule has 0 amide bonds. The van der Waals surface area contributed by atoms with E-state index in [0.29, 0.717) is 24.3 Å². The fraction of sp³-hybridized carbons (Fsp3) is 0.222. The number of ether oxygens (including phenoxy) is 4. The molecule has 1 saturated heterocycles. The number of hydrogen-bond donors (Lipinski definition) is 10. The summed E-state index contributed by atoms with van der Waals surface area (Å²) in [4.78, 5) is 39.0. The second-order valence-corrected chi connectivity index (χ2v) is 9.43. The Morgan fingerprint density at radius 1 is 0.523 bits per heavy atom. The minimum Gasteiger partial charge on any atom is -0.504 e. The largest absolute Gasteiger partial charge is 0.504 e. The Bertz CT molecular complexity index is 1480. The maximum absolute atomic E-state index is 13.1. The summed E-state index contributed by atoms with van der Waals surface area (Å²) in [7, 11) is 0. The van der Waals surface area contributed by atoms with Gasteiger partial charge >= 0.3 is 17.9 Å². The summed E-state index contributed by atoms with van der Waals surface area (Å²) in [5, 5.41) is 98.1. The Morgan fingerprint density at radius 2 is 0.795 bits per heavy atom. The van der Waals surface area contributed by atoms with Gasteiger partial charge in [0.05, 0.1) is 22.8 Å². The molecule has 4 rings (SSSR count). The van der Waals surface area contributed by atoms with Crippen molar-refractivity contribution in [1.29, 1.82) is 0 Å². The third-order valence-electron chi connectivity index (χ3n) is 6.39. The average molecular weight is 620 g/mol. The lowest BCUT2D eigenvalue weighted by Gasteiger charge is -2.42. The Hall–Kier alpha value is -5.81. The maximum atomic E-state index is 13.1. The van der Waals surface area contributed by atoms with Crippen LogP contribution in [0.3, 0.4) is 0 Å². The molecule has 1 heterocycles. The second kappa shape index (κ2) is 11.8. The Morgan fingerprint density at radius 3 is 1.11 bits per heavy atom. The highest BCUT2D eigenvalue weighted by Gasteiger charge is 2.51. The molecule has 1 aliphatic heterocycles. The number of carbonyl (C=O) groups is 3. The molecule has 0 saturated carbocycles. The molecular formula is C27H24O17. The second-order valence-electron chi connectivity index (χ2n) is 9.43. The van der Waals surface area contributed by atoms with Crippen LogP contribution in [0.4, 0.5) is 0 Å².